The van der Waals surface area contributed by atoms with Gasteiger partial charge in [-0.1, -0.05) is 0 Å². The highest BCUT2D eigenvalue weighted by Gasteiger charge is 2.33. The van der Waals surface area contributed by atoms with Crippen molar-refractivity contribution in [1.82, 2.24) is 18.8 Å². The monoisotopic (exact) mass is 358 g/mol. The van der Waals surface area contributed by atoms with E-state index < -0.39 is 17.4 Å². The van der Waals surface area contributed by atoms with E-state index in [-0.39, 0.29) is 5.92 Å². The fourth-order valence-electron chi connectivity index (χ4n) is 2.89. The van der Waals surface area contributed by atoms with Gasteiger partial charge in [0.2, 0.25) is 0 Å². The van der Waals surface area contributed by atoms with E-state index in [1.165, 1.54) is 21.7 Å². The van der Waals surface area contributed by atoms with Gasteiger partial charge in [-0.15, -0.1) is 0 Å². The first-order chi connectivity index (χ1) is 11.4. The number of rotatable bonds is 4. The van der Waals surface area contributed by atoms with Crippen molar-refractivity contribution in [2.75, 3.05) is 13.1 Å². The van der Waals surface area contributed by atoms with Crippen LogP contribution in [0.1, 0.15) is 24.1 Å². The fourth-order valence-corrected chi connectivity index (χ4v) is 3.41. The normalized spacial score (nSPS) is 17.3. The molecule has 0 atom stereocenters. The van der Waals surface area contributed by atoms with E-state index in [4.69, 9.17) is 0 Å². The number of nitrogens with zero attached hydrogens (tertiary/aromatic N) is 4. The molecule has 0 aliphatic carbocycles. The molecule has 1 aliphatic rings. The molecule has 3 heterocycles. The molecule has 2 aromatic heterocycles. The molecule has 0 amide bonds. The average Bonchev–Trinajstić information content (AvgIpc) is 3.03. The SMILES string of the molecule is O=c1cc(C(F)(F)F)ncn1CC1CCN(Cc2cnsc2)CC1. The Morgan fingerprint density at radius 2 is 2.04 bits per heavy atom. The highest BCUT2D eigenvalue weighted by molar-refractivity contribution is 7.03. The molecule has 2 aromatic rings. The molecule has 0 aromatic carbocycles. The summed E-state index contributed by atoms with van der Waals surface area (Å²) in [6, 6.07) is 0.568. The van der Waals surface area contributed by atoms with Gasteiger partial charge in [-0.05, 0) is 48.9 Å². The van der Waals surface area contributed by atoms with Crippen LogP contribution in [0.5, 0.6) is 0 Å². The van der Waals surface area contributed by atoms with E-state index in [1.807, 2.05) is 11.6 Å². The van der Waals surface area contributed by atoms with Gasteiger partial charge in [0, 0.05) is 30.7 Å². The van der Waals surface area contributed by atoms with E-state index in [9.17, 15) is 18.0 Å². The highest BCUT2D eigenvalue weighted by Crippen LogP contribution is 2.26. The van der Waals surface area contributed by atoms with Crippen molar-refractivity contribution in [2.45, 2.75) is 32.1 Å². The van der Waals surface area contributed by atoms with E-state index >= 15 is 0 Å². The van der Waals surface area contributed by atoms with Gasteiger partial charge >= 0.3 is 6.18 Å². The first kappa shape index (κ1) is 17.1. The van der Waals surface area contributed by atoms with Crippen LogP contribution in [0.2, 0.25) is 0 Å². The molecular weight excluding hydrogens is 341 g/mol. The Hall–Kier alpha value is -1.74. The molecule has 130 valence electrons. The van der Waals surface area contributed by atoms with Crippen molar-refractivity contribution in [1.29, 1.82) is 0 Å². The Balaban J connectivity index is 1.55. The van der Waals surface area contributed by atoms with Gasteiger partial charge in [-0.2, -0.15) is 13.2 Å². The summed E-state index contributed by atoms with van der Waals surface area (Å²) >= 11 is 1.43. The molecule has 1 fully saturated rings. The molecule has 0 N–H and O–H groups in total. The second kappa shape index (κ2) is 7.02. The number of piperidine rings is 1. The lowest BCUT2D eigenvalue weighted by Gasteiger charge is -2.31. The molecule has 1 aliphatic heterocycles. The second-order valence-electron chi connectivity index (χ2n) is 6.01. The van der Waals surface area contributed by atoms with E-state index in [0.717, 1.165) is 38.8 Å². The van der Waals surface area contributed by atoms with Crippen LogP contribution >= 0.6 is 11.5 Å². The predicted octanol–water partition coefficient (Wildman–Crippen LogP) is 2.63. The molecule has 5 nitrogen and oxygen atoms in total. The van der Waals surface area contributed by atoms with Crippen molar-refractivity contribution in [3.63, 3.8) is 0 Å². The predicted molar refractivity (Wildman–Crippen MR) is 83.6 cm³/mol. The minimum atomic E-state index is -4.58. The Kier molecular flexibility index (Phi) is 5.00. The van der Waals surface area contributed by atoms with E-state index in [2.05, 4.69) is 14.3 Å². The van der Waals surface area contributed by atoms with Crippen LogP contribution in [0.15, 0.2) is 28.8 Å². The number of alkyl halides is 3. The zero-order chi connectivity index (χ0) is 17.2. The van der Waals surface area contributed by atoms with Gasteiger partial charge in [-0.25, -0.2) is 9.36 Å². The molecule has 0 radical (unpaired) electrons. The first-order valence-electron chi connectivity index (χ1n) is 7.66. The van der Waals surface area contributed by atoms with Gasteiger partial charge in [0.1, 0.15) is 0 Å². The molecule has 0 spiro atoms. The highest BCUT2D eigenvalue weighted by atomic mass is 32.1. The van der Waals surface area contributed by atoms with Gasteiger partial charge in [0.25, 0.3) is 5.56 Å². The third-order valence-corrected chi connectivity index (χ3v) is 4.86. The molecule has 9 heteroatoms. The second-order valence-corrected chi connectivity index (χ2v) is 6.67. The summed E-state index contributed by atoms with van der Waals surface area (Å²) in [5, 5.41) is 2.03. The minimum Gasteiger partial charge on any atom is -0.299 e. The average molecular weight is 358 g/mol. The summed E-state index contributed by atoms with van der Waals surface area (Å²) in [6.45, 7) is 3.09. The van der Waals surface area contributed by atoms with Crippen LogP contribution in [-0.2, 0) is 19.3 Å². The van der Waals surface area contributed by atoms with Gasteiger partial charge in [-0.3, -0.25) is 14.3 Å². The van der Waals surface area contributed by atoms with E-state index in [0.29, 0.717) is 12.6 Å². The maximum atomic E-state index is 12.5. The van der Waals surface area contributed by atoms with Crippen molar-refractivity contribution in [2.24, 2.45) is 5.92 Å². The molecule has 3 rings (SSSR count). The Morgan fingerprint density at radius 1 is 1.29 bits per heavy atom. The number of hydrogen-bond donors (Lipinski definition) is 0. The number of halogens is 3. The smallest absolute Gasteiger partial charge is 0.299 e. The van der Waals surface area contributed by atoms with Crippen LogP contribution in [0, 0.1) is 5.92 Å². The first-order valence-corrected chi connectivity index (χ1v) is 8.50. The lowest BCUT2D eigenvalue weighted by Crippen LogP contribution is -2.36. The lowest BCUT2D eigenvalue weighted by molar-refractivity contribution is -0.141. The lowest BCUT2D eigenvalue weighted by atomic mass is 9.96. The maximum absolute atomic E-state index is 12.5. The van der Waals surface area contributed by atoms with Crippen LogP contribution in [-0.4, -0.2) is 31.9 Å². The quantitative estimate of drug-likeness (QED) is 0.843. The van der Waals surface area contributed by atoms with Gasteiger partial charge in [0.15, 0.2) is 5.69 Å². The Bertz CT molecular complexity index is 721. The Morgan fingerprint density at radius 3 is 2.62 bits per heavy atom. The molecule has 0 bridgehead atoms. The van der Waals surface area contributed by atoms with Gasteiger partial charge in [0.05, 0.1) is 6.33 Å². The van der Waals surface area contributed by atoms with Crippen LogP contribution in [0.25, 0.3) is 0 Å². The molecule has 0 saturated carbocycles. The number of hydrogen-bond acceptors (Lipinski definition) is 5. The van der Waals surface area contributed by atoms with Crippen LogP contribution in [0.4, 0.5) is 13.2 Å². The van der Waals surface area contributed by atoms with Gasteiger partial charge < -0.3 is 0 Å². The third-order valence-electron chi connectivity index (χ3n) is 4.22. The van der Waals surface area contributed by atoms with Crippen LogP contribution < -0.4 is 5.56 Å². The summed E-state index contributed by atoms with van der Waals surface area (Å²) in [4.78, 5) is 17.5. The molecule has 0 unspecified atom stereocenters. The summed E-state index contributed by atoms with van der Waals surface area (Å²) in [7, 11) is 0. The third kappa shape index (κ3) is 4.21. The number of aromatic nitrogens is 3. The maximum Gasteiger partial charge on any atom is 0.433 e. The number of likely N-dealkylation sites (tertiary alicyclic amines) is 1. The summed E-state index contributed by atoms with van der Waals surface area (Å²) < 4.78 is 43.0. The molecule has 1 saturated heterocycles. The molecular formula is C15H17F3N4OS. The van der Waals surface area contributed by atoms with Crippen molar-refractivity contribution < 1.29 is 13.2 Å². The summed E-state index contributed by atoms with van der Waals surface area (Å²) in [6.07, 6.45) is 0.106. The standard InChI is InChI=1S/C15H17F3N4OS/c16-15(17,18)13-5-14(23)22(10-19-13)8-11-1-3-21(4-2-11)7-12-6-20-24-9-12/h5-6,9-11H,1-4,7-8H2. The fraction of sp³-hybridized carbons (Fsp3) is 0.533. The van der Waals surface area contributed by atoms with Crippen molar-refractivity contribution >= 4 is 11.5 Å². The zero-order valence-corrected chi connectivity index (χ0v) is 13.7. The topological polar surface area (TPSA) is 51.0 Å². The largest absolute Gasteiger partial charge is 0.433 e. The zero-order valence-electron chi connectivity index (χ0n) is 12.9. The summed E-state index contributed by atoms with van der Waals surface area (Å²) in [5.74, 6) is 0.276. The van der Waals surface area contributed by atoms with Crippen molar-refractivity contribution in [3.05, 3.63) is 45.6 Å². The minimum absolute atomic E-state index is 0.276. The van der Waals surface area contributed by atoms with Crippen LogP contribution in [0.3, 0.4) is 0 Å². The van der Waals surface area contributed by atoms with Crippen molar-refractivity contribution in [3.8, 4) is 0 Å². The summed E-state index contributed by atoms with van der Waals surface area (Å²) in [5.41, 5.74) is -0.589. The Labute approximate surface area is 140 Å². The molecule has 24 heavy (non-hydrogen) atoms. The van der Waals surface area contributed by atoms with E-state index in [1.54, 1.807) is 0 Å².